The van der Waals surface area contributed by atoms with Gasteiger partial charge in [0.2, 0.25) is 0 Å². The molecule has 168 valence electrons. The van der Waals surface area contributed by atoms with Crippen LogP contribution in [0, 0.1) is 0 Å². The Balaban J connectivity index is 2.85. The number of alkyl carbamates (subject to hydrolysis) is 1. The molecule has 0 bridgehead atoms. The topological polar surface area (TPSA) is 130 Å². The van der Waals surface area contributed by atoms with Crippen LogP contribution in [0.5, 0.6) is 5.75 Å². The third kappa shape index (κ3) is 8.66. The van der Waals surface area contributed by atoms with Gasteiger partial charge in [0.1, 0.15) is 24.6 Å². The Labute approximate surface area is 175 Å². The van der Waals surface area contributed by atoms with Crippen LogP contribution in [0.25, 0.3) is 0 Å². The molecule has 0 aliphatic rings. The molecule has 0 radical (unpaired) electrons. The van der Waals surface area contributed by atoms with Crippen molar-refractivity contribution in [1.29, 1.82) is 0 Å². The highest BCUT2D eigenvalue weighted by molar-refractivity contribution is 5.75. The number of aliphatic hydroxyl groups is 1. The molecule has 1 aromatic rings. The van der Waals surface area contributed by atoms with Gasteiger partial charge in [0.25, 0.3) is 0 Å². The molecule has 1 amide bonds. The van der Waals surface area contributed by atoms with Gasteiger partial charge in [-0.15, -0.1) is 0 Å². The van der Waals surface area contributed by atoms with Crippen LogP contribution in [0.1, 0.15) is 25.8 Å². The fourth-order valence-corrected chi connectivity index (χ4v) is 2.54. The summed E-state index contributed by atoms with van der Waals surface area (Å²) in [6.45, 7) is 3.13. The number of hydrogen-bond acceptors (Lipinski definition) is 9. The monoisotopic (exact) mass is 427 g/mol. The van der Waals surface area contributed by atoms with Gasteiger partial charge in [-0.25, -0.2) is 9.59 Å². The van der Waals surface area contributed by atoms with E-state index in [1.807, 2.05) is 0 Å². The second kappa shape index (κ2) is 13.4. The van der Waals surface area contributed by atoms with Crippen molar-refractivity contribution in [2.75, 3.05) is 27.4 Å². The first-order chi connectivity index (χ1) is 14.3. The lowest BCUT2D eigenvalue weighted by Gasteiger charge is -2.27. The molecule has 2 unspecified atom stereocenters. The van der Waals surface area contributed by atoms with Crippen LogP contribution in [0.3, 0.4) is 0 Å². The van der Waals surface area contributed by atoms with Crippen molar-refractivity contribution in [2.45, 2.75) is 45.2 Å². The van der Waals surface area contributed by atoms with Crippen molar-refractivity contribution >= 4 is 18.0 Å². The van der Waals surface area contributed by atoms with E-state index in [1.54, 1.807) is 31.2 Å². The van der Waals surface area contributed by atoms with Gasteiger partial charge in [0.05, 0.1) is 13.7 Å². The maximum absolute atomic E-state index is 12.2. The summed E-state index contributed by atoms with van der Waals surface area (Å²) < 4.78 is 25.8. The Morgan fingerprint density at radius 2 is 1.77 bits per heavy atom. The van der Waals surface area contributed by atoms with E-state index in [9.17, 15) is 19.5 Å². The Morgan fingerprint density at radius 3 is 2.27 bits per heavy atom. The summed E-state index contributed by atoms with van der Waals surface area (Å²) in [5, 5.41) is 12.0. The molecular weight excluding hydrogens is 398 g/mol. The van der Waals surface area contributed by atoms with E-state index in [-0.39, 0.29) is 13.0 Å². The highest BCUT2D eigenvalue weighted by atomic mass is 16.6. The molecule has 3 atom stereocenters. The summed E-state index contributed by atoms with van der Waals surface area (Å²) in [5.41, 5.74) is 0.723. The van der Waals surface area contributed by atoms with E-state index in [4.69, 9.17) is 23.7 Å². The number of nitrogens with one attached hydrogen (secondary N) is 1. The Morgan fingerprint density at radius 1 is 1.10 bits per heavy atom. The minimum Gasteiger partial charge on any atom is -0.479 e. The number of carbonyl (C=O) groups is 3. The van der Waals surface area contributed by atoms with Gasteiger partial charge in [-0.3, -0.25) is 4.79 Å². The predicted octanol–water partition coefficient (Wildman–Crippen LogP) is 1.18. The number of benzene rings is 1. The Kier molecular flexibility index (Phi) is 11.2. The molecule has 10 heteroatoms. The van der Waals surface area contributed by atoms with Crippen molar-refractivity contribution in [3.63, 3.8) is 0 Å². The average molecular weight is 427 g/mol. The molecule has 0 spiro atoms. The van der Waals surface area contributed by atoms with Crippen LogP contribution in [-0.2, 0) is 35.1 Å². The molecule has 2 N–H and O–H groups in total. The van der Waals surface area contributed by atoms with Crippen LogP contribution in [0.15, 0.2) is 24.3 Å². The van der Waals surface area contributed by atoms with Crippen LogP contribution < -0.4 is 10.1 Å². The molecule has 1 aromatic carbocycles. The highest BCUT2D eigenvalue weighted by Gasteiger charge is 2.32. The number of aliphatic hydroxyl groups excluding tert-OH is 1. The maximum Gasteiger partial charge on any atom is 0.407 e. The van der Waals surface area contributed by atoms with Gasteiger partial charge in [0.15, 0.2) is 6.10 Å². The normalized spacial score (nSPS) is 13.5. The zero-order valence-corrected chi connectivity index (χ0v) is 17.6. The molecule has 1 rings (SSSR count). The molecule has 30 heavy (non-hydrogen) atoms. The van der Waals surface area contributed by atoms with Crippen LogP contribution in [0.4, 0.5) is 4.79 Å². The third-order valence-electron chi connectivity index (χ3n) is 4.02. The number of hydrogen-bond donors (Lipinski definition) is 2. The van der Waals surface area contributed by atoms with Crippen LogP contribution in [0.2, 0.25) is 0 Å². The summed E-state index contributed by atoms with van der Waals surface area (Å²) in [7, 11) is 2.56. The van der Waals surface area contributed by atoms with E-state index >= 15 is 0 Å². The van der Waals surface area contributed by atoms with E-state index in [2.05, 4.69) is 5.32 Å². The second-order valence-electron chi connectivity index (χ2n) is 6.22. The van der Waals surface area contributed by atoms with Crippen molar-refractivity contribution in [1.82, 2.24) is 5.32 Å². The lowest BCUT2D eigenvalue weighted by atomic mass is 10.1. The number of rotatable bonds is 12. The average Bonchev–Trinajstić information content (AvgIpc) is 2.72. The fourth-order valence-electron chi connectivity index (χ4n) is 2.54. The van der Waals surface area contributed by atoms with Gasteiger partial charge in [-0.1, -0.05) is 12.1 Å². The highest BCUT2D eigenvalue weighted by Crippen LogP contribution is 2.20. The summed E-state index contributed by atoms with van der Waals surface area (Å²) >= 11 is 0. The smallest absolute Gasteiger partial charge is 0.407 e. The van der Waals surface area contributed by atoms with E-state index < -0.39 is 43.0 Å². The molecular formula is C20H29NO9. The minimum absolute atomic E-state index is 0.0765. The molecule has 0 aliphatic carbocycles. The van der Waals surface area contributed by atoms with Crippen molar-refractivity contribution in [2.24, 2.45) is 0 Å². The summed E-state index contributed by atoms with van der Waals surface area (Å²) in [6.07, 6.45) is -3.48. The minimum atomic E-state index is -1.11. The third-order valence-corrected chi connectivity index (χ3v) is 4.02. The van der Waals surface area contributed by atoms with E-state index in [1.165, 1.54) is 21.1 Å². The van der Waals surface area contributed by atoms with E-state index in [0.717, 1.165) is 5.56 Å². The summed E-state index contributed by atoms with van der Waals surface area (Å²) in [6, 6.07) is 6.57. The molecule has 10 nitrogen and oxygen atoms in total. The number of esters is 2. The maximum atomic E-state index is 12.2. The van der Waals surface area contributed by atoms with Crippen LogP contribution >= 0.6 is 0 Å². The number of ether oxygens (including phenoxy) is 5. The first-order valence-electron chi connectivity index (χ1n) is 9.39. The van der Waals surface area contributed by atoms with E-state index in [0.29, 0.717) is 12.3 Å². The number of carbonyl (C=O) groups excluding carboxylic acids is 3. The largest absolute Gasteiger partial charge is 0.479 e. The van der Waals surface area contributed by atoms with Gasteiger partial charge >= 0.3 is 18.0 Å². The zero-order chi connectivity index (χ0) is 22.5. The molecule has 0 fully saturated rings. The number of methoxy groups -OCH3 is 2. The van der Waals surface area contributed by atoms with Crippen LogP contribution in [-0.4, -0.2) is 68.8 Å². The molecule has 0 aliphatic heterocycles. The predicted molar refractivity (Wildman–Crippen MR) is 105 cm³/mol. The van der Waals surface area contributed by atoms with Crippen molar-refractivity contribution in [3.8, 4) is 5.75 Å². The lowest BCUT2D eigenvalue weighted by Crippen LogP contribution is -2.41. The standard InChI is InChI=1S/C20H29NO9/c1-5-21-20(25)28-12-14-6-8-15(9-7-14)30-17(19(24)27-4)10-16(29-13(2)23)18(11-22)26-3/h6-9,16-18,22H,5,10-12H2,1-4H3,(H,21,25)/t16?,17?,18-/m0/s1. The summed E-state index contributed by atoms with van der Waals surface area (Å²) in [4.78, 5) is 34.9. The van der Waals surface area contributed by atoms with Gasteiger partial charge in [-0.05, 0) is 24.6 Å². The van der Waals surface area contributed by atoms with Gasteiger partial charge < -0.3 is 34.1 Å². The van der Waals surface area contributed by atoms with Crippen molar-refractivity contribution < 1.29 is 43.2 Å². The lowest BCUT2D eigenvalue weighted by molar-refractivity contribution is -0.163. The van der Waals surface area contributed by atoms with Gasteiger partial charge in [-0.2, -0.15) is 0 Å². The summed E-state index contributed by atoms with van der Waals surface area (Å²) in [5.74, 6) is -0.911. The zero-order valence-electron chi connectivity index (χ0n) is 17.6. The molecule has 0 heterocycles. The first kappa shape index (κ1) is 25.2. The molecule has 0 saturated carbocycles. The first-order valence-corrected chi connectivity index (χ1v) is 9.39. The Hall–Kier alpha value is -2.85. The quantitative estimate of drug-likeness (QED) is 0.373. The second-order valence-corrected chi connectivity index (χ2v) is 6.22. The number of amides is 1. The fraction of sp³-hybridized carbons (Fsp3) is 0.550. The van der Waals surface area contributed by atoms with Gasteiger partial charge in [0, 0.05) is 27.0 Å². The molecule has 0 saturated heterocycles. The molecule has 0 aromatic heterocycles. The van der Waals surface area contributed by atoms with Crippen molar-refractivity contribution in [3.05, 3.63) is 29.8 Å². The SMILES string of the molecule is CCNC(=O)OCc1ccc(OC(CC(OC(C)=O)[C@H](CO)OC)C(=O)OC)cc1. The Bertz CT molecular complexity index is 673.